The Morgan fingerprint density at radius 2 is 2.15 bits per heavy atom. The maximum absolute atomic E-state index is 12.5. The summed E-state index contributed by atoms with van der Waals surface area (Å²) in [7, 11) is 0. The van der Waals surface area contributed by atoms with Crippen LogP contribution in [0.25, 0.3) is 0 Å². The van der Waals surface area contributed by atoms with Gasteiger partial charge in [0.1, 0.15) is 0 Å². The van der Waals surface area contributed by atoms with Gasteiger partial charge in [0.05, 0.1) is 0 Å². The lowest BCUT2D eigenvalue weighted by Gasteiger charge is -2.40. The highest BCUT2D eigenvalue weighted by molar-refractivity contribution is 4.96. The Morgan fingerprint density at radius 1 is 1.46 bits per heavy atom. The van der Waals surface area contributed by atoms with E-state index in [9.17, 15) is 8.78 Å². The van der Waals surface area contributed by atoms with Crippen molar-refractivity contribution in [1.29, 1.82) is 0 Å². The van der Waals surface area contributed by atoms with Crippen LogP contribution in [0.2, 0.25) is 0 Å². The van der Waals surface area contributed by atoms with Crippen molar-refractivity contribution in [2.75, 3.05) is 19.6 Å². The van der Waals surface area contributed by atoms with E-state index in [1.165, 1.54) is 0 Å². The van der Waals surface area contributed by atoms with Gasteiger partial charge in [-0.25, -0.2) is 8.78 Å². The van der Waals surface area contributed by atoms with Crippen molar-refractivity contribution in [3.05, 3.63) is 0 Å². The van der Waals surface area contributed by atoms with Crippen LogP contribution in [0.3, 0.4) is 0 Å². The monoisotopic (exact) mass is 190 g/mol. The first kappa shape index (κ1) is 9.34. The lowest BCUT2D eigenvalue weighted by molar-refractivity contribution is 0.0708. The smallest absolute Gasteiger partial charge is 0.251 e. The SMILES string of the molecule is NCC1CCN1CCC1CC1(F)F. The number of rotatable bonds is 4. The number of halogens is 2. The normalized spacial score (nSPS) is 37.2. The lowest BCUT2D eigenvalue weighted by atomic mass is 10.0. The number of alkyl halides is 2. The fraction of sp³-hybridized carbons (Fsp3) is 1.00. The molecule has 1 saturated heterocycles. The maximum Gasteiger partial charge on any atom is 0.251 e. The molecule has 1 saturated carbocycles. The molecular weight excluding hydrogens is 174 g/mol. The van der Waals surface area contributed by atoms with Gasteiger partial charge in [0.2, 0.25) is 0 Å². The first-order valence-electron chi connectivity index (χ1n) is 4.95. The molecule has 4 heteroatoms. The number of likely N-dealkylation sites (tertiary alicyclic amines) is 1. The van der Waals surface area contributed by atoms with Gasteiger partial charge in [-0.15, -0.1) is 0 Å². The molecule has 0 aromatic rings. The molecule has 2 fully saturated rings. The van der Waals surface area contributed by atoms with Crippen LogP contribution >= 0.6 is 0 Å². The number of hydrogen-bond donors (Lipinski definition) is 1. The van der Waals surface area contributed by atoms with Gasteiger partial charge >= 0.3 is 0 Å². The average Bonchev–Trinajstić information content (AvgIpc) is 2.58. The number of hydrogen-bond acceptors (Lipinski definition) is 2. The predicted octanol–water partition coefficient (Wildman–Crippen LogP) is 1.06. The van der Waals surface area contributed by atoms with E-state index in [2.05, 4.69) is 4.90 Å². The Balaban J connectivity index is 1.64. The van der Waals surface area contributed by atoms with Gasteiger partial charge in [0, 0.05) is 31.5 Å². The zero-order valence-corrected chi connectivity index (χ0v) is 7.68. The van der Waals surface area contributed by atoms with E-state index in [0.717, 1.165) is 19.5 Å². The van der Waals surface area contributed by atoms with Crippen molar-refractivity contribution in [3.8, 4) is 0 Å². The molecule has 1 aliphatic heterocycles. The van der Waals surface area contributed by atoms with E-state index >= 15 is 0 Å². The first-order chi connectivity index (χ1) is 6.13. The third-order valence-electron chi connectivity index (χ3n) is 3.26. The van der Waals surface area contributed by atoms with Crippen LogP contribution in [0, 0.1) is 5.92 Å². The van der Waals surface area contributed by atoms with Crippen LogP contribution in [-0.2, 0) is 0 Å². The fourth-order valence-corrected chi connectivity index (χ4v) is 1.96. The standard InChI is InChI=1S/C9H16F2N2/c10-9(11)5-7(9)1-3-13-4-2-8(13)6-12/h7-8H,1-6,12H2. The van der Waals surface area contributed by atoms with E-state index in [1.54, 1.807) is 0 Å². The summed E-state index contributed by atoms with van der Waals surface area (Å²) in [5.74, 6) is -2.69. The Morgan fingerprint density at radius 3 is 2.54 bits per heavy atom. The quantitative estimate of drug-likeness (QED) is 0.718. The highest BCUT2D eigenvalue weighted by atomic mass is 19.3. The minimum Gasteiger partial charge on any atom is -0.329 e. The molecule has 76 valence electrons. The van der Waals surface area contributed by atoms with Crippen LogP contribution in [0.4, 0.5) is 8.78 Å². The van der Waals surface area contributed by atoms with Gasteiger partial charge in [-0.3, -0.25) is 4.90 Å². The molecule has 0 radical (unpaired) electrons. The van der Waals surface area contributed by atoms with Crippen LogP contribution in [-0.4, -0.2) is 36.5 Å². The molecule has 2 atom stereocenters. The minimum absolute atomic E-state index is 0.105. The molecule has 0 amide bonds. The summed E-state index contributed by atoms with van der Waals surface area (Å²) in [4.78, 5) is 2.22. The molecule has 2 aliphatic rings. The third-order valence-corrected chi connectivity index (χ3v) is 3.26. The zero-order chi connectivity index (χ0) is 9.47. The summed E-state index contributed by atoms with van der Waals surface area (Å²) >= 11 is 0. The minimum atomic E-state index is -2.34. The second-order valence-electron chi connectivity index (χ2n) is 4.16. The maximum atomic E-state index is 12.5. The second-order valence-corrected chi connectivity index (χ2v) is 4.16. The summed E-state index contributed by atoms with van der Waals surface area (Å²) in [5.41, 5.74) is 5.51. The fourth-order valence-electron chi connectivity index (χ4n) is 1.96. The van der Waals surface area contributed by atoms with Gasteiger partial charge in [-0.05, 0) is 19.4 Å². The highest BCUT2D eigenvalue weighted by Gasteiger charge is 2.56. The van der Waals surface area contributed by atoms with Crippen LogP contribution in [0.5, 0.6) is 0 Å². The molecule has 2 N–H and O–H groups in total. The van der Waals surface area contributed by atoms with Gasteiger partial charge in [-0.2, -0.15) is 0 Å². The summed E-state index contributed by atoms with van der Waals surface area (Å²) in [6.07, 6.45) is 1.88. The molecule has 0 aromatic carbocycles. The summed E-state index contributed by atoms with van der Waals surface area (Å²) in [6, 6.07) is 0.465. The van der Waals surface area contributed by atoms with Crippen molar-refractivity contribution in [1.82, 2.24) is 4.90 Å². The summed E-state index contributed by atoms with van der Waals surface area (Å²) in [5, 5.41) is 0. The highest BCUT2D eigenvalue weighted by Crippen LogP contribution is 2.50. The van der Waals surface area contributed by atoms with Crippen molar-refractivity contribution in [2.45, 2.75) is 31.2 Å². The Labute approximate surface area is 77.1 Å². The third kappa shape index (κ3) is 1.83. The van der Waals surface area contributed by atoms with Gasteiger partial charge in [0.15, 0.2) is 0 Å². The van der Waals surface area contributed by atoms with E-state index in [1.807, 2.05) is 0 Å². The summed E-state index contributed by atoms with van der Waals surface area (Å²) < 4.78 is 25.0. The molecule has 0 spiro atoms. The molecule has 2 rings (SSSR count). The predicted molar refractivity (Wildman–Crippen MR) is 46.7 cm³/mol. The Hall–Kier alpha value is -0.220. The van der Waals surface area contributed by atoms with Crippen molar-refractivity contribution in [3.63, 3.8) is 0 Å². The molecule has 2 unspecified atom stereocenters. The molecule has 13 heavy (non-hydrogen) atoms. The van der Waals surface area contributed by atoms with E-state index < -0.39 is 5.92 Å². The van der Waals surface area contributed by atoms with Crippen molar-refractivity contribution >= 4 is 0 Å². The van der Waals surface area contributed by atoms with Gasteiger partial charge in [-0.1, -0.05) is 0 Å². The first-order valence-corrected chi connectivity index (χ1v) is 4.95. The Kier molecular flexibility index (Phi) is 2.28. The van der Waals surface area contributed by atoms with Crippen molar-refractivity contribution in [2.24, 2.45) is 11.7 Å². The number of nitrogens with zero attached hydrogens (tertiary/aromatic N) is 1. The van der Waals surface area contributed by atoms with E-state index in [0.29, 0.717) is 19.0 Å². The zero-order valence-electron chi connectivity index (χ0n) is 7.68. The van der Waals surface area contributed by atoms with E-state index in [4.69, 9.17) is 5.73 Å². The van der Waals surface area contributed by atoms with Crippen molar-refractivity contribution < 1.29 is 8.78 Å². The lowest BCUT2D eigenvalue weighted by Crippen LogP contribution is -2.51. The number of nitrogens with two attached hydrogens (primary N) is 1. The molecule has 2 nitrogen and oxygen atoms in total. The van der Waals surface area contributed by atoms with Gasteiger partial charge in [0.25, 0.3) is 5.92 Å². The van der Waals surface area contributed by atoms with E-state index in [-0.39, 0.29) is 12.3 Å². The topological polar surface area (TPSA) is 29.3 Å². The molecular formula is C9H16F2N2. The van der Waals surface area contributed by atoms with Crippen LogP contribution in [0.15, 0.2) is 0 Å². The Bertz CT molecular complexity index is 194. The second kappa shape index (κ2) is 3.17. The summed E-state index contributed by atoms with van der Waals surface area (Å²) in [6.45, 7) is 2.52. The largest absolute Gasteiger partial charge is 0.329 e. The molecule has 1 aliphatic carbocycles. The molecule has 0 bridgehead atoms. The molecule has 1 heterocycles. The van der Waals surface area contributed by atoms with Gasteiger partial charge < -0.3 is 5.73 Å². The van der Waals surface area contributed by atoms with Crippen LogP contribution in [0.1, 0.15) is 19.3 Å². The molecule has 0 aromatic heterocycles. The van der Waals surface area contributed by atoms with Crippen LogP contribution < -0.4 is 5.73 Å². The average molecular weight is 190 g/mol.